The molecule has 0 saturated carbocycles. The third-order valence-electron chi connectivity index (χ3n) is 2.70. The molecule has 4 amide bonds. The number of nitrogens with one attached hydrogen (secondary N) is 1. The van der Waals surface area contributed by atoms with Crippen LogP contribution in [0.2, 0.25) is 0 Å². The third kappa shape index (κ3) is 2.15. The fourth-order valence-corrected chi connectivity index (χ4v) is 1.74. The molecule has 0 bridgehead atoms. The van der Waals surface area contributed by atoms with Gasteiger partial charge in [0.2, 0.25) is 5.91 Å². The number of amides is 4. The van der Waals surface area contributed by atoms with Crippen molar-refractivity contribution in [2.75, 3.05) is 19.6 Å². The summed E-state index contributed by atoms with van der Waals surface area (Å²) >= 11 is 0. The summed E-state index contributed by atoms with van der Waals surface area (Å²) in [5.41, 5.74) is 0. The summed E-state index contributed by atoms with van der Waals surface area (Å²) < 4.78 is 0. The highest BCUT2D eigenvalue weighted by molar-refractivity contribution is 6.05. The van der Waals surface area contributed by atoms with Crippen molar-refractivity contribution in [2.45, 2.75) is 26.8 Å². The lowest BCUT2D eigenvalue weighted by molar-refractivity contribution is -0.140. The molecule has 6 nitrogen and oxygen atoms in total. The number of nitrogens with zero attached hydrogens (tertiary/aromatic N) is 2. The molecule has 1 unspecified atom stereocenters. The lowest BCUT2D eigenvalue weighted by Crippen LogP contribution is -2.49. The fraction of sp³-hybridized carbons (Fsp3) is 0.700. The predicted octanol–water partition coefficient (Wildman–Crippen LogP) is -0.205. The Morgan fingerprint density at radius 2 is 2.00 bits per heavy atom. The van der Waals surface area contributed by atoms with E-state index >= 15 is 0 Å². The van der Waals surface area contributed by atoms with Crippen LogP contribution in [0.25, 0.3) is 0 Å². The predicted molar refractivity (Wildman–Crippen MR) is 57.6 cm³/mol. The fourth-order valence-electron chi connectivity index (χ4n) is 1.74. The summed E-state index contributed by atoms with van der Waals surface area (Å²) in [5.74, 6) is -0.548. The average Bonchev–Trinajstić information content (AvgIpc) is 2.59. The van der Waals surface area contributed by atoms with Crippen molar-refractivity contribution in [2.24, 2.45) is 0 Å². The molecule has 0 radical (unpaired) electrons. The molecule has 1 saturated heterocycles. The molecule has 1 fully saturated rings. The van der Waals surface area contributed by atoms with Crippen molar-refractivity contribution < 1.29 is 14.4 Å². The van der Waals surface area contributed by atoms with Gasteiger partial charge in [-0.25, -0.2) is 4.79 Å². The van der Waals surface area contributed by atoms with Crippen LogP contribution in [0.3, 0.4) is 0 Å². The highest BCUT2D eigenvalue weighted by Crippen LogP contribution is 2.08. The van der Waals surface area contributed by atoms with Crippen LogP contribution in [-0.2, 0) is 9.59 Å². The van der Waals surface area contributed by atoms with Crippen molar-refractivity contribution in [1.29, 1.82) is 0 Å². The van der Waals surface area contributed by atoms with Crippen LogP contribution in [0, 0.1) is 0 Å². The average molecular weight is 227 g/mol. The second-order valence-electron chi connectivity index (χ2n) is 3.61. The zero-order chi connectivity index (χ0) is 12.3. The Bertz CT molecular complexity index is 296. The number of rotatable bonds is 4. The quantitative estimate of drug-likeness (QED) is 0.676. The Labute approximate surface area is 94.6 Å². The van der Waals surface area contributed by atoms with Gasteiger partial charge in [-0.3, -0.25) is 14.5 Å². The minimum absolute atomic E-state index is 0.0191. The zero-order valence-corrected chi connectivity index (χ0v) is 9.82. The van der Waals surface area contributed by atoms with E-state index in [9.17, 15) is 14.4 Å². The van der Waals surface area contributed by atoms with Crippen LogP contribution in [0.1, 0.15) is 20.8 Å². The molecule has 0 spiro atoms. The smallest absolute Gasteiger partial charge is 0.325 e. The first-order chi connectivity index (χ1) is 7.52. The minimum Gasteiger partial charge on any atom is -0.341 e. The largest absolute Gasteiger partial charge is 0.341 e. The Morgan fingerprint density at radius 3 is 2.38 bits per heavy atom. The van der Waals surface area contributed by atoms with Crippen LogP contribution < -0.4 is 5.32 Å². The van der Waals surface area contributed by atoms with E-state index in [1.807, 2.05) is 13.8 Å². The lowest BCUT2D eigenvalue weighted by atomic mass is 10.2. The normalized spacial score (nSPS) is 17.3. The van der Waals surface area contributed by atoms with E-state index in [0.29, 0.717) is 13.1 Å². The molecule has 90 valence electrons. The Morgan fingerprint density at radius 1 is 1.44 bits per heavy atom. The molecular weight excluding hydrogens is 210 g/mol. The monoisotopic (exact) mass is 227 g/mol. The number of carbonyl (C=O) groups excluding carboxylic acids is 3. The van der Waals surface area contributed by atoms with Gasteiger partial charge in [0.25, 0.3) is 5.91 Å². The van der Waals surface area contributed by atoms with E-state index in [1.165, 1.54) is 0 Å². The van der Waals surface area contributed by atoms with E-state index in [2.05, 4.69) is 5.32 Å². The molecular formula is C10H17N3O3. The molecule has 0 aliphatic carbocycles. The van der Waals surface area contributed by atoms with Gasteiger partial charge in [0.1, 0.15) is 6.04 Å². The molecule has 1 aliphatic heterocycles. The maximum Gasteiger partial charge on any atom is 0.325 e. The lowest BCUT2D eigenvalue weighted by Gasteiger charge is -2.26. The van der Waals surface area contributed by atoms with Gasteiger partial charge in [-0.2, -0.15) is 0 Å². The van der Waals surface area contributed by atoms with Gasteiger partial charge in [-0.05, 0) is 20.8 Å². The highest BCUT2D eigenvalue weighted by Gasteiger charge is 2.37. The van der Waals surface area contributed by atoms with Gasteiger partial charge < -0.3 is 10.2 Å². The van der Waals surface area contributed by atoms with Gasteiger partial charge in [0.05, 0.1) is 6.54 Å². The molecule has 1 rings (SSSR count). The van der Waals surface area contributed by atoms with Crippen molar-refractivity contribution in [3.63, 3.8) is 0 Å². The minimum atomic E-state index is -0.727. The number of likely N-dealkylation sites (N-methyl/N-ethyl adjacent to an activating group) is 1. The molecule has 0 aromatic heterocycles. The third-order valence-corrected chi connectivity index (χ3v) is 2.70. The van der Waals surface area contributed by atoms with Crippen LogP contribution in [0.15, 0.2) is 0 Å². The Kier molecular flexibility index (Phi) is 3.87. The number of carbonyl (C=O) groups is 3. The Balaban J connectivity index is 2.76. The first-order valence-electron chi connectivity index (χ1n) is 5.41. The second-order valence-corrected chi connectivity index (χ2v) is 3.61. The van der Waals surface area contributed by atoms with Crippen LogP contribution in [0.5, 0.6) is 0 Å². The maximum atomic E-state index is 11.9. The van der Waals surface area contributed by atoms with E-state index < -0.39 is 12.1 Å². The number of imide groups is 1. The van der Waals surface area contributed by atoms with E-state index in [1.54, 1.807) is 11.8 Å². The summed E-state index contributed by atoms with van der Waals surface area (Å²) in [6, 6.07) is -1.21. The van der Waals surface area contributed by atoms with Gasteiger partial charge >= 0.3 is 6.03 Å². The molecule has 0 aromatic carbocycles. The topological polar surface area (TPSA) is 69.7 Å². The number of urea groups is 1. The van der Waals surface area contributed by atoms with Crippen molar-refractivity contribution in [3.8, 4) is 0 Å². The van der Waals surface area contributed by atoms with E-state index in [-0.39, 0.29) is 18.4 Å². The molecule has 16 heavy (non-hydrogen) atoms. The van der Waals surface area contributed by atoms with Crippen molar-refractivity contribution in [3.05, 3.63) is 0 Å². The van der Waals surface area contributed by atoms with Crippen LogP contribution >= 0.6 is 0 Å². The summed E-state index contributed by atoms with van der Waals surface area (Å²) in [5, 5.41) is 2.40. The molecule has 1 heterocycles. The second kappa shape index (κ2) is 4.96. The molecule has 1 aliphatic rings. The van der Waals surface area contributed by atoms with Gasteiger partial charge in [-0.1, -0.05) is 0 Å². The molecule has 6 heteroatoms. The highest BCUT2D eigenvalue weighted by atomic mass is 16.2. The molecule has 0 aromatic rings. The summed E-state index contributed by atoms with van der Waals surface area (Å²) in [4.78, 5) is 37.3. The Hall–Kier alpha value is -1.59. The zero-order valence-electron chi connectivity index (χ0n) is 9.82. The number of hydrogen-bond acceptors (Lipinski definition) is 3. The standard InChI is InChI=1S/C10H17N3O3/c1-4-12(5-2)9(15)7(3)13-8(14)6-11-10(13)16/h7H,4-6H2,1-3H3,(H,11,16). The van der Waals surface area contributed by atoms with Crippen LogP contribution in [0.4, 0.5) is 4.79 Å². The van der Waals surface area contributed by atoms with Crippen LogP contribution in [-0.4, -0.2) is 53.3 Å². The van der Waals surface area contributed by atoms with Gasteiger partial charge in [0.15, 0.2) is 0 Å². The van der Waals surface area contributed by atoms with E-state index in [0.717, 1.165) is 4.90 Å². The van der Waals surface area contributed by atoms with Gasteiger partial charge in [-0.15, -0.1) is 0 Å². The van der Waals surface area contributed by atoms with Crippen molar-refractivity contribution >= 4 is 17.8 Å². The number of hydrogen-bond donors (Lipinski definition) is 1. The summed E-state index contributed by atoms with van der Waals surface area (Å²) in [6.07, 6.45) is 0. The first kappa shape index (κ1) is 12.5. The first-order valence-corrected chi connectivity index (χ1v) is 5.41. The summed E-state index contributed by atoms with van der Waals surface area (Å²) in [7, 11) is 0. The SMILES string of the molecule is CCN(CC)C(=O)C(C)N1C(=O)CNC1=O. The van der Waals surface area contributed by atoms with E-state index in [4.69, 9.17) is 0 Å². The molecule has 1 N–H and O–H groups in total. The van der Waals surface area contributed by atoms with Gasteiger partial charge in [0, 0.05) is 13.1 Å². The molecule has 1 atom stereocenters. The van der Waals surface area contributed by atoms with Crippen molar-refractivity contribution in [1.82, 2.24) is 15.1 Å². The summed E-state index contributed by atoms with van der Waals surface area (Å²) in [6.45, 7) is 6.42. The maximum absolute atomic E-state index is 11.9.